The van der Waals surface area contributed by atoms with Crippen LogP contribution in [0.3, 0.4) is 0 Å². The third-order valence-electron chi connectivity index (χ3n) is 2.93. The Morgan fingerprint density at radius 3 is 2.39 bits per heavy atom. The summed E-state index contributed by atoms with van der Waals surface area (Å²) in [6.07, 6.45) is 0. The minimum atomic E-state index is -3.75. The summed E-state index contributed by atoms with van der Waals surface area (Å²) in [6.45, 7) is 2.89. The largest absolute Gasteiger partial charge is 0.230 e. The van der Waals surface area contributed by atoms with Crippen molar-refractivity contribution in [2.75, 3.05) is 7.05 Å². The Morgan fingerprint density at radius 2 is 1.89 bits per heavy atom. The van der Waals surface area contributed by atoms with Gasteiger partial charge in [0.15, 0.2) is 5.25 Å². The normalized spacial score (nSPS) is 15.1. The maximum Gasteiger partial charge on any atom is 0.230 e. The van der Waals surface area contributed by atoms with Gasteiger partial charge in [0.1, 0.15) is 5.82 Å². The lowest BCUT2D eigenvalue weighted by Gasteiger charge is -2.25. The monoisotopic (exact) mass is 270 g/mol. The van der Waals surface area contributed by atoms with Crippen LogP contribution in [0.15, 0.2) is 24.3 Å². The highest BCUT2D eigenvalue weighted by Gasteiger charge is 2.30. The third kappa shape index (κ3) is 2.68. The summed E-state index contributed by atoms with van der Waals surface area (Å²) in [5.41, 5.74) is 0.286. The molecule has 2 unspecified atom stereocenters. The second kappa shape index (κ2) is 5.46. The molecule has 1 aromatic rings. The van der Waals surface area contributed by atoms with Gasteiger partial charge < -0.3 is 0 Å². The summed E-state index contributed by atoms with van der Waals surface area (Å²) in [5.74, 6) is -0.461. The Balaban J connectivity index is 3.10. The molecule has 4 nitrogen and oxygen atoms in total. The lowest BCUT2D eigenvalue weighted by molar-refractivity contribution is 0.385. The summed E-state index contributed by atoms with van der Waals surface area (Å²) in [4.78, 5) is 0. The Morgan fingerprint density at radius 1 is 1.33 bits per heavy atom. The number of nitriles is 1. The maximum atomic E-state index is 13.6. The Kier molecular flexibility index (Phi) is 4.43. The van der Waals surface area contributed by atoms with Crippen LogP contribution in [0.5, 0.6) is 0 Å². The lowest BCUT2D eigenvalue weighted by Crippen LogP contribution is -2.36. The molecule has 1 rings (SSSR count). The number of sulfonamides is 1. The summed E-state index contributed by atoms with van der Waals surface area (Å²) in [7, 11) is -2.40. The first-order valence-corrected chi connectivity index (χ1v) is 6.93. The maximum absolute atomic E-state index is 13.6. The lowest BCUT2D eigenvalue weighted by atomic mass is 10.1. The molecule has 98 valence electrons. The van der Waals surface area contributed by atoms with Crippen molar-refractivity contribution >= 4 is 10.0 Å². The molecular formula is C12H15FN2O2S. The molecule has 2 atom stereocenters. The van der Waals surface area contributed by atoms with Crippen LogP contribution in [0.25, 0.3) is 0 Å². The van der Waals surface area contributed by atoms with Gasteiger partial charge in [-0.25, -0.2) is 12.8 Å². The van der Waals surface area contributed by atoms with E-state index in [1.807, 2.05) is 0 Å². The highest BCUT2D eigenvalue weighted by atomic mass is 32.2. The highest BCUT2D eigenvalue weighted by Crippen LogP contribution is 2.25. The quantitative estimate of drug-likeness (QED) is 0.841. The SMILES string of the molecule is CC(c1ccccc1F)N(C)S(=O)(=O)C(C)C#N. The molecule has 0 saturated heterocycles. The zero-order chi connectivity index (χ0) is 13.9. The van der Waals surface area contributed by atoms with E-state index in [0.29, 0.717) is 0 Å². The van der Waals surface area contributed by atoms with Crippen LogP contribution in [0.2, 0.25) is 0 Å². The second-order valence-corrected chi connectivity index (χ2v) is 6.34. The van der Waals surface area contributed by atoms with Gasteiger partial charge in [0.05, 0.1) is 6.07 Å². The van der Waals surface area contributed by atoms with E-state index in [1.165, 1.54) is 32.2 Å². The number of nitrogens with zero attached hydrogens (tertiary/aromatic N) is 2. The van der Waals surface area contributed by atoms with Crippen molar-refractivity contribution in [3.63, 3.8) is 0 Å². The van der Waals surface area contributed by atoms with E-state index in [2.05, 4.69) is 0 Å². The second-order valence-electron chi connectivity index (χ2n) is 4.03. The van der Waals surface area contributed by atoms with Crippen LogP contribution in [0, 0.1) is 17.1 Å². The molecule has 0 aliphatic rings. The van der Waals surface area contributed by atoms with Crippen molar-refractivity contribution < 1.29 is 12.8 Å². The number of halogens is 1. The molecule has 0 saturated carbocycles. The minimum absolute atomic E-state index is 0.286. The molecule has 1 aromatic carbocycles. The molecule has 18 heavy (non-hydrogen) atoms. The Labute approximate surface area is 107 Å². The summed E-state index contributed by atoms with van der Waals surface area (Å²) in [5, 5.41) is 7.54. The predicted octanol–water partition coefficient (Wildman–Crippen LogP) is 2.06. The molecule has 0 radical (unpaired) electrons. The average molecular weight is 270 g/mol. The molecular weight excluding hydrogens is 255 g/mol. The highest BCUT2D eigenvalue weighted by molar-refractivity contribution is 7.89. The van der Waals surface area contributed by atoms with E-state index in [-0.39, 0.29) is 5.56 Å². The van der Waals surface area contributed by atoms with E-state index < -0.39 is 27.1 Å². The first-order valence-electron chi connectivity index (χ1n) is 5.43. The van der Waals surface area contributed by atoms with Crippen molar-refractivity contribution in [1.29, 1.82) is 5.26 Å². The molecule has 0 bridgehead atoms. The summed E-state index contributed by atoms with van der Waals surface area (Å²) in [6, 6.07) is 7.01. The van der Waals surface area contributed by atoms with Crippen molar-refractivity contribution in [2.24, 2.45) is 0 Å². The van der Waals surface area contributed by atoms with Gasteiger partial charge in [-0.05, 0) is 19.9 Å². The zero-order valence-electron chi connectivity index (χ0n) is 10.5. The topological polar surface area (TPSA) is 61.2 Å². The van der Waals surface area contributed by atoms with Gasteiger partial charge in [-0.2, -0.15) is 9.57 Å². The minimum Gasteiger partial charge on any atom is -0.211 e. The van der Waals surface area contributed by atoms with Crippen molar-refractivity contribution in [3.05, 3.63) is 35.6 Å². The van der Waals surface area contributed by atoms with E-state index in [9.17, 15) is 12.8 Å². The molecule has 0 fully saturated rings. The van der Waals surface area contributed by atoms with Crippen molar-refractivity contribution in [3.8, 4) is 6.07 Å². The Hall–Kier alpha value is -1.45. The van der Waals surface area contributed by atoms with E-state index >= 15 is 0 Å². The number of rotatable bonds is 4. The van der Waals surface area contributed by atoms with Crippen LogP contribution in [-0.4, -0.2) is 25.0 Å². The number of hydrogen-bond donors (Lipinski definition) is 0. The fraction of sp³-hybridized carbons (Fsp3) is 0.417. The van der Waals surface area contributed by atoms with Gasteiger partial charge in [-0.1, -0.05) is 18.2 Å². The van der Waals surface area contributed by atoms with Crippen LogP contribution in [-0.2, 0) is 10.0 Å². The summed E-state index contributed by atoms with van der Waals surface area (Å²) < 4.78 is 38.5. The zero-order valence-corrected chi connectivity index (χ0v) is 11.3. The van der Waals surface area contributed by atoms with E-state index in [4.69, 9.17) is 5.26 Å². The van der Waals surface area contributed by atoms with Gasteiger partial charge in [0, 0.05) is 18.7 Å². The molecule has 0 amide bonds. The van der Waals surface area contributed by atoms with Crippen LogP contribution >= 0.6 is 0 Å². The van der Waals surface area contributed by atoms with Crippen LogP contribution in [0.4, 0.5) is 4.39 Å². The third-order valence-corrected chi connectivity index (χ3v) is 5.05. The summed E-state index contributed by atoms with van der Waals surface area (Å²) >= 11 is 0. The fourth-order valence-corrected chi connectivity index (χ4v) is 2.73. The molecule has 0 spiro atoms. The van der Waals surface area contributed by atoms with Crippen molar-refractivity contribution in [2.45, 2.75) is 25.1 Å². The molecule has 0 aliphatic carbocycles. The molecule has 0 N–H and O–H groups in total. The van der Waals surface area contributed by atoms with E-state index in [0.717, 1.165) is 4.31 Å². The Bertz CT molecular complexity index is 566. The van der Waals surface area contributed by atoms with Crippen LogP contribution < -0.4 is 0 Å². The van der Waals surface area contributed by atoms with Gasteiger partial charge in [0.2, 0.25) is 10.0 Å². The van der Waals surface area contributed by atoms with E-state index in [1.54, 1.807) is 19.1 Å². The predicted molar refractivity (Wildman–Crippen MR) is 66.6 cm³/mol. The van der Waals surface area contributed by atoms with Crippen molar-refractivity contribution in [1.82, 2.24) is 4.31 Å². The average Bonchev–Trinajstić information content (AvgIpc) is 2.36. The van der Waals surface area contributed by atoms with Gasteiger partial charge in [-0.3, -0.25) is 0 Å². The van der Waals surface area contributed by atoms with Gasteiger partial charge in [-0.15, -0.1) is 0 Å². The molecule has 0 aliphatic heterocycles. The number of benzene rings is 1. The van der Waals surface area contributed by atoms with Gasteiger partial charge in [0.25, 0.3) is 0 Å². The molecule has 0 heterocycles. The smallest absolute Gasteiger partial charge is 0.211 e. The molecule has 0 aromatic heterocycles. The standard InChI is InChI=1S/C12H15FN2O2S/c1-9(8-14)18(16,17)15(3)10(2)11-6-4-5-7-12(11)13/h4-7,9-10H,1-3H3. The first kappa shape index (κ1) is 14.6. The van der Waals surface area contributed by atoms with Gasteiger partial charge >= 0.3 is 0 Å². The molecule has 6 heteroatoms. The fourth-order valence-electron chi connectivity index (χ4n) is 1.55. The first-order chi connectivity index (χ1) is 8.32. The van der Waals surface area contributed by atoms with Crippen LogP contribution in [0.1, 0.15) is 25.5 Å². The number of hydrogen-bond acceptors (Lipinski definition) is 3.